The Morgan fingerprint density at radius 3 is 2.84 bits per heavy atom. The van der Waals surface area contributed by atoms with E-state index in [0.717, 1.165) is 30.0 Å². The standard InChI is InChI=1S/C15H21NO3/c1-10-7-15(9-16(10)2)8-13(17)12-5-4-11(18-3)6-14(12)19-15/h4-6,10,13,17H,7-9H2,1-3H3/t10?,13-,15?/m1/s1. The SMILES string of the molecule is COc1ccc2c(c1)OC1(CC(C)N(C)C1)C[C@H]2O. The Morgan fingerprint density at radius 1 is 1.42 bits per heavy atom. The van der Waals surface area contributed by atoms with Crippen LogP contribution in [-0.2, 0) is 0 Å². The van der Waals surface area contributed by atoms with E-state index < -0.39 is 6.10 Å². The summed E-state index contributed by atoms with van der Waals surface area (Å²) in [7, 11) is 3.75. The molecule has 3 rings (SSSR count). The highest BCUT2D eigenvalue weighted by molar-refractivity contribution is 5.44. The molecular weight excluding hydrogens is 242 g/mol. The van der Waals surface area contributed by atoms with E-state index in [9.17, 15) is 5.11 Å². The number of hydrogen-bond acceptors (Lipinski definition) is 4. The Kier molecular flexibility index (Phi) is 2.95. The van der Waals surface area contributed by atoms with Crippen LogP contribution in [0, 0.1) is 0 Å². The quantitative estimate of drug-likeness (QED) is 0.841. The summed E-state index contributed by atoms with van der Waals surface area (Å²) in [6, 6.07) is 6.13. The molecule has 0 aromatic heterocycles. The first-order valence-electron chi connectivity index (χ1n) is 6.78. The van der Waals surface area contributed by atoms with Gasteiger partial charge in [0.2, 0.25) is 0 Å². The van der Waals surface area contributed by atoms with Crippen molar-refractivity contribution in [1.29, 1.82) is 0 Å². The first kappa shape index (κ1) is 12.8. The zero-order valence-electron chi connectivity index (χ0n) is 11.7. The molecule has 4 heteroatoms. The summed E-state index contributed by atoms with van der Waals surface area (Å²) in [5.74, 6) is 1.53. The zero-order valence-corrected chi connectivity index (χ0v) is 11.7. The lowest BCUT2D eigenvalue weighted by molar-refractivity contribution is -0.00625. The number of aliphatic hydroxyl groups excluding tert-OH is 1. The van der Waals surface area contributed by atoms with Crippen LogP contribution in [0.1, 0.15) is 31.4 Å². The highest BCUT2D eigenvalue weighted by atomic mass is 16.5. The van der Waals surface area contributed by atoms with Crippen molar-refractivity contribution in [2.24, 2.45) is 0 Å². The van der Waals surface area contributed by atoms with Gasteiger partial charge in [0, 0.05) is 37.1 Å². The highest BCUT2D eigenvalue weighted by Crippen LogP contribution is 2.45. The molecule has 1 N–H and O–H groups in total. The number of ether oxygens (including phenoxy) is 2. The van der Waals surface area contributed by atoms with Gasteiger partial charge in [-0.2, -0.15) is 0 Å². The number of rotatable bonds is 1. The number of likely N-dealkylation sites (N-methyl/N-ethyl adjacent to an activating group) is 1. The number of hydrogen-bond donors (Lipinski definition) is 1. The first-order chi connectivity index (χ1) is 9.03. The van der Waals surface area contributed by atoms with Gasteiger partial charge in [-0.15, -0.1) is 0 Å². The second-order valence-corrected chi connectivity index (χ2v) is 5.88. The van der Waals surface area contributed by atoms with Gasteiger partial charge in [-0.25, -0.2) is 0 Å². The molecule has 1 fully saturated rings. The molecule has 2 heterocycles. The molecule has 1 spiro atoms. The smallest absolute Gasteiger partial charge is 0.129 e. The van der Waals surface area contributed by atoms with E-state index in [1.165, 1.54) is 0 Å². The number of fused-ring (bicyclic) bond motifs is 1. The molecule has 1 aromatic carbocycles. The number of benzene rings is 1. The molecule has 1 aromatic rings. The van der Waals surface area contributed by atoms with Crippen molar-refractivity contribution in [3.8, 4) is 11.5 Å². The minimum atomic E-state index is -0.451. The van der Waals surface area contributed by atoms with Gasteiger partial charge in [0.05, 0.1) is 13.2 Å². The van der Waals surface area contributed by atoms with Crippen molar-refractivity contribution in [1.82, 2.24) is 4.90 Å². The van der Waals surface area contributed by atoms with Gasteiger partial charge in [-0.1, -0.05) is 0 Å². The fraction of sp³-hybridized carbons (Fsp3) is 0.600. The molecule has 4 nitrogen and oxygen atoms in total. The molecule has 2 aliphatic heterocycles. The van der Waals surface area contributed by atoms with Crippen LogP contribution in [0.5, 0.6) is 11.5 Å². The largest absolute Gasteiger partial charge is 0.497 e. The van der Waals surface area contributed by atoms with Crippen molar-refractivity contribution >= 4 is 0 Å². The lowest BCUT2D eigenvalue weighted by Gasteiger charge is -2.38. The summed E-state index contributed by atoms with van der Waals surface area (Å²) < 4.78 is 11.5. The second-order valence-electron chi connectivity index (χ2n) is 5.88. The van der Waals surface area contributed by atoms with Crippen LogP contribution in [0.15, 0.2) is 18.2 Å². The fourth-order valence-electron chi connectivity index (χ4n) is 3.33. The molecule has 0 radical (unpaired) electrons. The van der Waals surface area contributed by atoms with Crippen LogP contribution < -0.4 is 9.47 Å². The number of methoxy groups -OCH3 is 1. The molecule has 1 saturated heterocycles. The van der Waals surface area contributed by atoms with Crippen LogP contribution in [0.2, 0.25) is 0 Å². The average Bonchev–Trinajstić information content (AvgIpc) is 2.63. The predicted octanol–water partition coefficient (Wildman–Crippen LogP) is 1.97. The summed E-state index contributed by atoms with van der Waals surface area (Å²) in [6.45, 7) is 3.06. The molecule has 104 valence electrons. The van der Waals surface area contributed by atoms with Gasteiger partial charge in [-0.05, 0) is 26.1 Å². The molecule has 0 bridgehead atoms. The molecule has 19 heavy (non-hydrogen) atoms. The molecular formula is C15H21NO3. The Bertz CT molecular complexity index is 478. The van der Waals surface area contributed by atoms with Crippen LogP contribution in [0.25, 0.3) is 0 Å². The van der Waals surface area contributed by atoms with Crippen molar-refractivity contribution in [2.45, 2.75) is 37.5 Å². The fourth-order valence-corrected chi connectivity index (χ4v) is 3.33. The van der Waals surface area contributed by atoms with E-state index in [2.05, 4.69) is 18.9 Å². The van der Waals surface area contributed by atoms with E-state index >= 15 is 0 Å². The van der Waals surface area contributed by atoms with Crippen LogP contribution in [-0.4, -0.2) is 42.4 Å². The normalized spacial score (nSPS) is 34.1. The monoisotopic (exact) mass is 263 g/mol. The number of nitrogens with zero attached hydrogens (tertiary/aromatic N) is 1. The zero-order chi connectivity index (χ0) is 13.6. The first-order valence-corrected chi connectivity index (χ1v) is 6.78. The maximum absolute atomic E-state index is 10.4. The number of aliphatic hydroxyl groups is 1. The average molecular weight is 263 g/mol. The predicted molar refractivity (Wildman–Crippen MR) is 72.6 cm³/mol. The molecule has 0 amide bonds. The summed E-state index contributed by atoms with van der Waals surface area (Å²) in [5, 5.41) is 10.4. The molecule has 3 atom stereocenters. The minimum Gasteiger partial charge on any atom is -0.497 e. The van der Waals surface area contributed by atoms with Gasteiger partial charge in [0.25, 0.3) is 0 Å². The molecule has 0 aliphatic carbocycles. The van der Waals surface area contributed by atoms with Crippen molar-refractivity contribution < 1.29 is 14.6 Å². The molecule has 2 aliphatic rings. The van der Waals surface area contributed by atoms with E-state index in [0.29, 0.717) is 12.5 Å². The van der Waals surface area contributed by atoms with E-state index in [4.69, 9.17) is 9.47 Å². The van der Waals surface area contributed by atoms with Gasteiger partial charge in [0.15, 0.2) is 0 Å². The maximum Gasteiger partial charge on any atom is 0.129 e. The Morgan fingerprint density at radius 2 is 2.21 bits per heavy atom. The van der Waals surface area contributed by atoms with E-state index in [1.807, 2.05) is 18.2 Å². The van der Waals surface area contributed by atoms with Crippen molar-refractivity contribution in [2.75, 3.05) is 20.7 Å². The third-order valence-electron chi connectivity index (χ3n) is 4.43. The lowest BCUT2D eigenvalue weighted by atomic mass is 9.87. The Labute approximate surface area is 113 Å². The maximum atomic E-state index is 10.4. The summed E-state index contributed by atoms with van der Waals surface area (Å²) in [6.07, 6.45) is 1.17. The third-order valence-corrected chi connectivity index (χ3v) is 4.43. The van der Waals surface area contributed by atoms with Gasteiger partial charge in [-0.3, -0.25) is 4.90 Å². The third kappa shape index (κ3) is 2.09. The van der Waals surface area contributed by atoms with E-state index in [-0.39, 0.29) is 5.60 Å². The van der Waals surface area contributed by atoms with Crippen molar-refractivity contribution in [3.05, 3.63) is 23.8 Å². The van der Waals surface area contributed by atoms with Crippen LogP contribution in [0.3, 0.4) is 0 Å². The molecule has 0 saturated carbocycles. The summed E-state index contributed by atoms with van der Waals surface area (Å²) >= 11 is 0. The van der Waals surface area contributed by atoms with Gasteiger partial charge < -0.3 is 14.6 Å². The lowest BCUT2D eigenvalue weighted by Crippen LogP contribution is -2.43. The second kappa shape index (κ2) is 4.39. The van der Waals surface area contributed by atoms with Gasteiger partial charge in [0.1, 0.15) is 17.1 Å². The molecule has 2 unspecified atom stereocenters. The topological polar surface area (TPSA) is 41.9 Å². The summed E-state index contributed by atoms with van der Waals surface area (Å²) in [4.78, 5) is 2.29. The highest BCUT2D eigenvalue weighted by Gasteiger charge is 2.47. The summed E-state index contributed by atoms with van der Waals surface area (Å²) in [5.41, 5.74) is 0.612. The van der Waals surface area contributed by atoms with Crippen LogP contribution in [0.4, 0.5) is 0 Å². The number of likely N-dealkylation sites (tertiary alicyclic amines) is 1. The van der Waals surface area contributed by atoms with Crippen molar-refractivity contribution in [3.63, 3.8) is 0 Å². The van der Waals surface area contributed by atoms with Crippen LogP contribution >= 0.6 is 0 Å². The minimum absolute atomic E-state index is 0.257. The van der Waals surface area contributed by atoms with Gasteiger partial charge >= 0.3 is 0 Å². The van der Waals surface area contributed by atoms with E-state index in [1.54, 1.807) is 7.11 Å². The Balaban J connectivity index is 1.94. The Hall–Kier alpha value is -1.26.